The van der Waals surface area contributed by atoms with Gasteiger partial charge in [-0.15, -0.1) is 5.10 Å². The van der Waals surface area contributed by atoms with Crippen molar-refractivity contribution >= 4 is 22.5 Å². The lowest BCUT2D eigenvalue weighted by Crippen LogP contribution is -2.32. The number of nitrogens with one attached hydrogen (secondary N) is 2. The van der Waals surface area contributed by atoms with Gasteiger partial charge in [0, 0.05) is 30.3 Å². The van der Waals surface area contributed by atoms with Crippen LogP contribution < -0.4 is 10.1 Å². The molecule has 170 valence electrons. The summed E-state index contributed by atoms with van der Waals surface area (Å²) in [6.45, 7) is 0. The highest BCUT2D eigenvalue weighted by Crippen LogP contribution is 2.40. The molecule has 5 rings (SSSR count). The number of carbonyl (C=O) groups excluding carboxylic acids is 1. The minimum Gasteiger partial charge on any atom is -0.490 e. The van der Waals surface area contributed by atoms with Crippen molar-refractivity contribution in [2.45, 2.75) is 31.0 Å². The molecule has 0 saturated heterocycles. The number of carbonyl (C=O) groups is 1. The van der Waals surface area contributed by atoms with Gasteiger partial charge in [0.15, 0.2) is 5.69 Å². The first-order valence-corrected chi connectivity index (χ1v) is 10.2. The summed E-state index contributed by atoms with van der Waals surface area (Å²) >= 11 is 0. The summed E-state index contributed by atoms with van der Waals surface area (Å²) in [5.74, 6) is 0.385. The molecule has 0 unspecified atom stereocenters. The summed E-state index contributed by atoms with van der Waals surface area (Å²) < 4.78 is 45.5. The SMILES string of the molecule is Cn1cc(C(=O)Nc2c[nH]c3ccc(O[C@H]4C[C@@H](c5ccc(C(F)(F)F)nc5)C4)cc23)nn1. The molecule has 4 aromatic rings. The van der Waals surface area contributed by atoms with Gasteiger partial charge < -0.3 is 15.0 Å². The van der Waals surface area contributed by atoms with Gasteiger partial charge in [-0.1, -0.05) is 11.3 Å². The van der Waals surface area contributed by atoms with Crippen LogP contribution in [0.4, 0.5) is 18.9 Å². The Bertz CT molecular complexity index is 1310. The number of aryl methyl sites for hydroxylation is 1. The summed E-state index contributed by atoms with van der Waals surface area (Å²) in [5.41, 5.74) is 1.52. The molecule has 1 saturated carbocycles. The summed E-state index contributed by atoms with van der Waals surface area (Å²) in [7, 11) is 1.68. The van der Waals surface area contributed by atoms with Gasteiger partial charge in [-0.05, 0) is 48.6 Å². The number of rotatable bonds is 5. The van der Waals surface area contributed by atoms with Crippen LogP contribution in [0.15, 0.2) is 48.9 Å². The van der Waals surface area contributed by atoms with E-state index in [1.807, 2.05) is 18.2 Å². The van der Waals surface area contributed by atoms with E-state index in [0.29, 0.717) is 24.3 Å². The first-order valence-electron chi connectivity index (χ1n) is 10.2. The largest absolute Gasteiger partial charge is 0.490 e. The predicted molar refractivity (Wildman–Crippen MR) is 113 cm³/mol. The van der Waals surface area contributed by atoms with Gasteiger partial charge in [-0.25, -0.2) is 0 Å². The zero-order valence-electron chi connectivity index (χ0n) is 17.4. The molecular weight excluding hydrogens is 437 g/mol. The standard InChI is InChI=1S/C22H19F3N6O2/c1-31-11-19(29-30-31)21(32)28-18-10-26-17-4-3-14(8-16(17)18)33-15-6-13(7-15)12-2-5-20(27-9-12)22(23,24)25/h2-5,8-11,13,15,26H,6-7H2,1H3,(H,28,32)/t13-,15+. The quantitative estimate of drug-likeness (QED) is 0.467. The molecule has 1 aromatic carbocycles. The van der Waals surface area contributed by atoms with Crippen molar-refractivity contribution in [3.05, 3.63) is 65.9 Å². The van der Waals surface area contributed by atoms with E-state index < -0.39 is 11.9 Å². The molecule has 3 heterocycles. The number of fused-ring (bicyclic) bond motifs is 1. The van der Waals surface area contributed by atoms with E-state index in [4.69, 9.17) is 4.74 Å². The van der Waals surface area contributed by atoms with Crippen molar-refractivity contribution < 1.29 is 22.7 Å². The van der Waals surface area contributed by atoms with Crippen molar-refractivity contribution in [3.63, 3.8) is 0 Å². The Kier molecular flexibility index (Phi) is 5.03. The number of alkyl halides is 3. The van der Waals surface area contributed by atoms with Crippen LogP contribution in [-0.2, 0) is 13.2 Å². The smallest absolute Gasteiger partial charge is 0.433 e. The molecule has 11 heteroatoms. The van der Waals surface area contributed by atoms with Crippen LogP contribution in [0.3, 0.4) is 0 Å². The van der Waals surface area contributed by atoms with E-state index in [1.165, 1.54) is 23.1 Å². The zero-order chi connectivity index (χ0) is 23.2. The number of aromatic amines is 1. The van der Waals surface area contributed by atoms with Gasteiger partial charge in [0.25, 0.3) is 5.91 Å². The summed E-state index contributed by atoms with van der Waals surface area (Å²) in [4.78, 5) is 19.0. The average Bonchev–Trinajstić information content (AvgIpc) is 3.36. The molecule has 0 spiro atoms. The van der Waals surface area contributed by atoms with E-state index in [2.05, 4.69) is 25.6 Å². The number of amides is 1. The zero-order valence-corrected chi connectivity index (χ0v) is 17.4. The average molecular weight is 456 g/mol. The number of H-pyrrole nitrogens is 1. The monoisotopic (exact) mass is 456 g/mol. The molecular formula is C22H19F3N6O2. The normalized spacial score (nSPS) is 18.2. The molecule has 1 fully saturated rings. The third-order valence-electron chi connectivity index (χ3n) is 5.68. The molecule has 33 heavy (non-hydrogen) atoms. The Morgan fingerprint density at radius 2 is 2.06 bits per heavy atom. The number of nitrogens with zero attached hydrogens (tertiary/aromatic N) is 4. The van der Waals surface area contributed by atoms with E-state index in [0.717, 1.165) is 22.5 Å². The van der Waals surface area contributed by atoms with E-state index in [9.17, 15) is 18.0 Å². The van der Waals surface area contributed by atoms with Crippen molar-refractivity contribution in [3.8, 4) is 5.75 Å². The van der Waals surface area contributed by atoms with Gasteiger partial charge in [-0.3, -0.25) is 14.5 Å². The van der Waals surface area contributed by atoms with Gasteiger partial charge in [0.1, 0.15) is 11.4 Å². The minimum atomic E-state index is -4.44. The van der Waals surface area contributed by atoms with Crippen LogP contribution in [0.2, 0.25) is 0 Å². The Labute approximate surface area is 185 Å². The number of hydrogen-bond acceptors (Lipinski definition) is 5. The van der Waals surface area contributed by atoms with Gasteiger partial charge in [-0.2, -0.15) is 13.2 Å². The lowest BCUT2D eigenvalue weighted by atomic mass is 9.78. The maximum absolute atomic E-state index is 12.7. The summed E-state index contributed by atoms with van der Waals surface area (Å²) in [6.07, 6.45) is 1.40. The summed E-state index contributed by atoms with van der Waals surface area (Å²) in [5, 5.41) is 11.2. The molecule has 3 aromatic heterocycles. The molecule has 1 amide bonds. The number of hydrogen-bond donors (Lipinski definition) is 2. The third kappa shape index (κ3) is 4.26. The second kappa shape index (κ2) is 7.91. The van der Waals surface area contributed by atoms with Crippen LogP contribution in [0.25, 0.3) is 10.9 Å². The van der Waals surface area contributed by atoms with Crippen LogP contribution in [0.1, 0.15) is 40.5 Å². The second-order valence-electron chi connectivity index (χ2n) is 8.02. The van der Waals surface area contributed by atoms with Crippen LogP contribution in [0.5, 0.6) is 5.75 Å². The molecule has 0 bridgehead atoms. The molecule has 2 N–H and O–H groups in total. The number of pyridine rings is 1. The molecule has 1 aliphatic carbocycles. The maximum Gasteiger partial charge on any atom is 0.433 e. The van der Waals surface area contributed by atoms with Crippen LogP contribution in [0, 0.1) is 0 Å². The number of ether oxygens (including phenoxy) is 1. The fourth-order valence-corrected chi connectivity index (χ4v) is 3.86. The van der Waals surface area contributed by atoms with Crippen LogP contribution >= 0.6 is 0 Å². The minimum absolute atomic E-state index is 0.0497. The molecule has 0 aliphatic heterocycles. The summed E-state index contributed by atoms with van der Waals surface area (Å²) in [6, 6.07) is 8.03. The molecule has 0 atom stereocenters. The second-order valence-corrected chi connectivity index (χ2v) is 8.02. The fourth-order valence-electron chi connectivity index (χ4n) is 3.86. The highest BCUT2D eigenvalue weighted by Gasteiger charge is 2.35. The van der Waals surface area contributed by atoms with Crippen molar-refractivity contribution in [1.82, 2.24) is 25.0 Å². The highest BCUT2D eigenvalue weighted by molar-refractivity contribution is 6.08. The lowest BCUT2D eigenvalue weighted by molar-refractivity contribution is -0.141. The van der Waals surface area contributed by atoms with Gasteiger partial charge >= 0.3 is 6.18 Å². The third-order valence-corrected chi connectivity index (χ3v) is 5.68. The van der Waals surface area contributed by atoms with E-state index in [-0.39, 0.29) is 23.6 Å². The highest BCUT2D eigenvalue weighted by atomic mass is 19.4. The van der Waals surface area contributed by atoms with Crippen molar-refractivity contribution in [2.24, 2.45) is 7.05 Å². The molecule has 0 radical (unpaired) electrons. The van der Waals surface area contributed by atoms with E-state index in [1.54, 1.807) is 13.2 Å². The Hall–Kier alpha value is -3.89. The first kappa shape index (κ1) is 21.0. The van der Waals surface area contributed by atoms with Crippen molar-refractivity contribution in [1.29, 1.82) is 0 Å². The maximum atomic E-state index is 12.7. The fraction of sp³-hybridized carbons (Fsp3) is 0.273. The first-order chi connectivity index (χ1) is 15.8. The van der Waals surface area contributed by atoms with Gasteiger partial charge in [0.05, 0.1) is 18.0 Å². The molecule has 1 aliphatic rings. The lowest BCUT2D eigenvalue weighted by Gasteiger charge is -2.35. The predicted octanol–water partition coefficient (Wildman–Crippen LogP) is 4.29. The van der Waals surface area contributed by atoms with Crippen LogP contribution in [-0.4, -0.2) is 37.0 Å². The number of aromatic nitrogens is 5. The topological polar surface area (TPSA) is 97.7 Å². The number of anilines is 1. The van der Waals surface area contributed by atoms with Gasteiger partial charge in [0.2, 0.25) is 0 Å². The Morgan fingerprint density at radius 3 is 2.73 bits per heavy atom. The Balaban J connectivity index is 1.23. The number of halogens is 3. The molecule has 8 nitrogen and oxygen atoms in total. The van der Waals surface area contributed by atoms with Crippen molar-refractivity contribution in [2.75, 3.05) is 5.32 Å². The van der Waals surface area contributed by atoms with E-state index >= 15 is 0 Å². The number of benzene rings is 1. The Morgan fingerprint density at radius 1 is 1.24 bits per heavy atom.